The molecular formula is C14H29ClN2. The van der Waals surface area contributed by atoms with Gasteiger partial charge in [-0.1, -0.05) is 32.1 Å². The lowest BCUT2D eigenvalue weighted by Crippen LogP contribution is -2.26. The second kappa shape index (κ2) is 8.34. The molecule has 3 heteroatoms. The molecule has 1 aliphatic carbocycles. The number of nitrogens with one attached hydrogen (secondary N) is 1. The highest BCUT2D eigenvalue weighted by molar-refractivity contribution is 5.85. The van der Waals surface area contributed by atoms with Crippen molar-refractivity contribution in [1.82, 2.24) is 10.2 Å². The molecule has 1 N–H and O–H groups in total. The second-order valence-electron chi connectivity index (χ2n) is 5.81. The van der Waals surface area contributed by atoms with Gasteiger partial charge >= 0.3 is 0 Å². The zero-order valence-corrected chi connectivity index (χ0v) is 12.1. The summed E-state index contributed by atoms with van der Waals surface area (Å²) in [5, 5.41) is 3.31. The largest absolute Gasteiger partial charge is 0.319 e. The van der Waals surface area contributed by atoms with Crippen molar-refractivity contribution in [1.29, 1.82) is 0 Å². The van der Waals surface area contributed by atoms with Crippen LogP contribution in [-0.2, 0) is 0 Å². The molecule has 1 saturated carbocycles. The number of rotatable bonds is 5. The van der Waals surface area contributed by atoms with Gasteiger partial charge in [-0.3, -0.25) is 0 Å². The Bertz CT molecular complexity index is 193. The van der Waals surface area contributed by atoms with E-state index in [1.165, 1.54) is 71.1 Å². The summed E-state index contributed by atoms with van der Waals surface area (Å²) in [6.07, 6.45) is 10.4. The van der Waals surface area contributed by atoms with E-state index in [1.807, 2.05) is 0 Å². The van der Waals surface area contributed by atoms with Crippen molar-refractivity contribution in [2.45, 2.75) is 44.9 Å². The van der Waals surface area contributed by atoms with Crippen LogP contribution in [0, 0.1) is 11.8 Å². The van der Waals surface area contributed by atoms with E-state index in [1.54, 1.807) is 0 Å². The lowest BCUT2D eigenvalue weighted by Gasteiger charge is -2.24. The Balaban J connectivity index is 0.00000144. The molecule has 0 bridgehead atoms. The smallest absolute Gasteiger partial charge is 0.00223 e. The predicted octanol–water partition coefficient (Wildman–Crippen LogP) is 2.92. The molecule has 0 aromatic carbocycles. The highest BCUT2D eigenvalue weighted by atomic mass is 35.5. The van der Waals surface area contributed by atoms with E-state index in [2.05, 4.69) is 17.3 Å². The predicted molar refractivity (Wildman–Crippen MR) is 76.9 cm³/mol. The monoisotopic (exact) mass is 260 g/mol. The quantitative estimate of drug-likeness (QED) is 0.818. The van der Waals surface area contributed by atoms with Gasteiger partial charge < -0.3 is 10.2 Å². The zero-order chi connectivity index (χ0) is 11.2. The summed E-state index contributed by atoms with van der Waals surface area (Å²) in [6, 6.07) is 0. The zero-order valence-electron chi connectivity index (χ0n) is 11.3. The van der Waals surface area contributed by atoms with E-state index in [9.17, 15) is 0 Å². The Labute approximate surface area is 113 Å². The number of hydrogen-bond acceptors (Lipinski definition) is 2. The third kappa shape index (κ3) is 5.15. The normalized spacial score (nSPS) is 27.0. The van der Waals surface area contributed by atoms with E-state index < -0.39 is 0 Å². The van der Waals surface area contributed by atoms with Gasteiger partial charge in [-0.05, 0) is 51.4 Å². The minimum Gasteiger partial charge on any atom is -0.319 e. The van der Waals surface area contributed by atoms with Gasteiger partial charge in [0.25, 0.3) is 0 Å². The van der Waals surface area contributed by atoms with Crippen molar-refractivity contribution >= 4 is 12.4 Å². The van der Waals surface area contributed by atoms with E-state index in [-0.39, 0.29) is 12.4 Å². The number of halogens is 1. The molecule has 1 aliphatic heterocycles. The Morgan fingerprint density at radius 2 is 1.82 bits per heavy atom. The van der Waals surface area contributed by atoms with Crippen LogP contribution < -0.4 is 5.32 Å². The Hall–Kier alpha value is 0.210. The van der Waals surface area contributed by atoms with Gasteiger partial charge in [0.2, 0.25) is 0 Å². The molecule has 1 unspecified atom stereocenters. The summed E-state index contributed by atoms with van der Waals surface area (Å²) < 4.78 is 0. The average Bonchev–Trinajstić information content (AvgIpc) is 2.76. The van der Waals surface area contributed by atoms with Gasteiger partial charge in [0.15, 0.2) is 0 Å². The third-order valence-electron chi connectivity index (χ3n) is 4.44. The molecule has 2 aliphatic rings. The second-order valence-corrected chi connectivity index (χ2v) is 5.81. The van der Waals surface area contributed by atoms with Crippen LogP contribution in [0.1, 0.15) is 44.9 Å². The number of nitrogens with zero attached hydrogens (tertiary/aromatic N) is 1. The van der Waals surface area contributed by atoms with E-state index in [0.717, 1.165) is 11.8 Å². The van der Waals surface area contributed by atoms with Crippen LogP contribution in [0.25, 0.3) is 0 Å². The summed E-state index contributed by atoms with van der Waals surface area (Å²) in [5.74, 6) is 1.97. The highest BCUT2D eigenvalue weighted by Gasteiger charge is 2.22. The summed E-state index contributed by atoms with van der Waals surface area (Å²) in [4.78, 5) is 2.69. The van der Waals surface area contributed by atoms with Gasteiger partial charge in [-0.25, -0.2) is 0 Å². The van der Waals surface area contributed by atoms with Crippen LogP contribution in [-0.4, -0.2) is 38.1 Å². The number of hydrogen-bond donors (Lipinski definition) is 1. The Morgan fingerprint density at radius 3 is 2.53 bits per heavy atom. The summed E-state index contributed by atoms with van der Waals surface area (Å²) >= 11 is 0. The van der Waals surface area contributed by atoms with Crippen LogP contribution in [0.4, 0.5) is 0 Å². The van der Waals surface area contributed by atoms with Gasteiger partial charge in [-0.15, -0.1) is 12.4 Å². The van der Waals surface area contributed by atoms with Crippen LogP contribution in [0.3, 0.4) is 0 Å². The first-order valence-corrected chi connectivity index (χ1v) is 7.25. The molecule has 102 valence electrons. The van der Waals surface area contributed by atoms with Crippen LogP contribution in [0.5, 0.6) is 0 Å². The van der Waals surface area contributed by atoms with Crippen molar-refractivity contribution in [3.63, 3.8) is 0 Å². The Kier molecular flexibility index (Phi) is 7.49. The first kappa shape index (κ1) is 15.3. The van der Waals surface area contributed by atoms with E-state index >= 15 is 0 Å². The maximum Gasteiger partial charge on any atom is 0.00223 e. The maximum atomic E-state index is 3.31. The van der Waals surface area contributed by atoms with E-state index in [0.29, 0.717) is 0 Å². The standard InChI is InChI=1S/C14H28N2.ClH/c1-15-11-14-8-10-16(12-14)9-7-13-5-3-2-4-6-13;/h13-15H,2-12H2,1H3;1H. The molecule has 0 radical (unpaired) electrons. The molecule has 1 atom stereocenters. The van der Waals surface area contributed by atoms with E-state index in [4.69, 9.17) is 0 Å². The van der Waals surface area contributed by atoms with Crippen molar-refractivity contribution < 1.29 is 0 Å². The minimum absolute atomic E-state index is 0. The van der Waals surface area contributed by atoms with Gasteiger partial charge in [0.05, 0.1) is 0 Å². The van der Waals surface area contributed by atoms with Crippen molar-refractivity contribution in [3.8, 4) is 0 Å². The molecule has 0 spiro atoms. The minimum atomic E-state index is 0. The maximum absolute atomic E-state index is 3.31. The van der Waals surface area contributed by atoms with Crippen LogP contribution in [0.2, 0.25) is 0 Å². The van der Waals surface area contributed by atoms with Gasteiger partial charge in [0.1, 0.15) is 0 Å². The molecule has 0 aromatic rings. The lowest BCUT2D eigenvalue weighted by atomic mass is 9.87. The number of likely N-dealkylation sites (tertiary alicyclic amines) is 1. The topological polar surface area (TPSA) is 15.3 Å². The summed E-state index contributed by atoms with van der Waals surface area (Å²) in [6.45, 7) is 5.26. The summed E-state index contributed by atoms with van der Waals surface area (Å²) in [5.41, 5.74) is 0. The summed E-state index contributed by atoms with van der Waals surface area (Å²) in [7, 11) is 2.07. The van der Waals surface area contributed by atoms with Gasteiger partial charge in [0, 0.05) is 6.54 Å². The lowest BCUT2D eigenvalue weighted by molar-refractivity contribution is 0.259. The molecule has 1 saturated heterocycles. The molecule has 2 rings (SSSR count). The Morgan fingerprint density at radius 1 is 1.06 bits per heavy atom. The fourth-order valence-electron chi connectivity index (χ4n) is 3.41. The third-order valence-corrected chi connectivity index (χ3v) is 4.44. The highest BCUT2D eigenvalue weighted by Crippen LogP contribution is 2.27. The molecule has 17 heavy (non-hydrogen) atoms. The SMILES string of the molecule is CNCC1CCN(CCC2CCCCC2)C1.Cl. The first-order valence-electron chi connectivity index (χ1n) is 7.25. The van der Waals surface area contributed by atoms with Crippen LogP contribution in [0.15, 0.2) is 0 Å². The van der Waals surface area contributed by atoms with Crippen molar-refractivity contribution in [2.75, 3.05) is 33.2 Å². The average molecular weight is 261 g/mol. The molecule has 1 heterocycles. The van der Waals surface area contributed by atoms with Crippen molar-refractivity contribution in [3.05, 3.63) is 0 Å². The molecule has 2 fully saturated rings. The molecule has 0 amide bonds. The first-order chi connectivity index (χ1) is 7.88. The molecular weight excluding hydrogens is 232 g/mol. The molecule has 2 nitrogen and oxygen atoms in total. The fourth-order valence-corrected chi connectivity index (χ4v) is 3.41. The van der Waals surface area contributed by atoms with Crippen LogP contribution >= 0.6 is 12.4 Å². The molecule has 0 aromatic heterocycles. The fraction of sp³-hybridized carbons (Fsp3) is 1.00. The van der Waals surface area contributed by atoms with Crippen molar-refractivity contribution in [2.24, 2.45) is 11.8 Å². The van der Waals surface area contributed by atoms with Gasteiger partial charge in [-0.2, -0.15) is 0 Å².